The van der Waals surface area contributed by atoms with Crippen molar-refractivity contribution in [3.05, 3.63) is 76.5 Å². The van der Waals surface area contributed by atoms with Crippen LogP contribution in [0, 0.1) is 12.7 Å². The number of hydrogen-bond acceptors (Lipinski definition) is 6. The molecule has 1 N–H and O–H groups in total. The summed E-state index contributed by atoms with van der Waals surface area (Å²) in [7, 11) is 0. The molecule has 0 aliphatic carbocycles. The number of nitrogens with one attached hydrogen (secondary N) is 1. The Labute approximate surface area is 191 Å². The highest BCUT2D eigenvalue weighted by Crippen LogP contribution is 2.27. The van der Waals surface area contributed by atoms with Crippen molar-refractivity contribution in [2.45, 2.75) is 13.3 Å². The van der Waals surface area contributed by atoms with E-state index in [-0.39, 0.29) is 11.4 Å². The molecule has 0 unspecified atom stereocenters. The van der Waals surface area contributed by atoms with Crippen molar-refractivity contribution in [2.75, 3.05) is 49.5 Å². The molecule has 170 valence electrons. The molecule has 4 aromatic rings. The molecule has 6 nitrogen and oxygen atoms in total. The fraction of sp³-hybridized carbons (Fsp3) is 0.308. The Kier molecular flexibility index (Phi) is 5.96. The average molecular weight is 447 g/mol. The van der Waals surface area contributed by atoms with E-state index in [9.17, 15) is 9.18 Å². The second kappa shape index (κ2) is 9.19. The van der Waals surface area contributed by atoms with Crippen LogP contribution in [0.15, 0.2) is 63.9 Å². The minimum absolute atomic E-state index is 0.234. The predicted molar refractivity (Wildman–Crippen MR) is 131 cm³/mol. The van der Waals surface area contributed by atoms with Crippen LogP contribution < -0.4 is 15.8 Å². The van der Waals surface area contributed by atoms with Gasteiger partial charge in [0.25, 0.3) is 0 Å². The van der Waals surface area contributed by atoms with Crippen molar-refractivity contribution in [1.82, 2.24) is 9.88 Å². The summed E-state index contributed by atoms with van der Waals surface area (Å²) in [4.78, 5) is 21.1. The SMILES string of the molecule is Cc1cccc2oc(=O)cc(NCCCN3CCN(c4nccc5ccc(F)cc45)CC3)c12. The predicted octanol–water partition coefficient (Wildman–Crippen LogP) is 4.41. The van der Waals surface area contributed by atoms with Gasteiger partial charge in [-0.15, -0.1) is 0 Å². The third-order valence-corrected chi connectivity index (χ3v) is 6.32. The number of aryl methyl sites for hydroxylation is 1. The largest absolute Gasteiger partial charge is 0.423 e. The van der Waals surface area contributed by atoms with Crippen molar-refractivity contribution in [3.63, 3.8) is 0 Å². The molecular formula is C26H27FN4O2. The quantitative estimate of drug-likeness (QED) is 0.350. The summed E-state index contributed by atoms with van der Waals surface area (Å²) in [5.41, 5.74) is 2.19. The van der Waals surface area contributed by atoms with Gasteiger partial charge in [-0.1, -0.05) is 18.2 Å². The van der Waals surface area contributed by atoms with E-state index in [0.717, 1.165) is 78.9 Å². The van der Waals surface area contributed by atoms with Crippen molar-refractivity contribution >= 4 is 33.2 Å². The molecule has 0 atom stereocenters. The van der Waals surface area contributed by atoms with Crippen molar-refractivity contribution < 1.29 is 8.81 Å². The summed E-state index contributed by atoms with van der Waals surface area (Å²) >= 11 is 0. The van der Waals surface area contributed by atoms with Crippen LogP contribution in [0.5, 0.6) is 0 Å². The molecule has 0 radical (unpaired) electrons. The minimum atomic E-state index is -0.339. The van der Waals surface area contributed by atoms with Crippen molar-refractivity contribution in [2.24, 2.45) is 0 Å². The van der Waals surface area contributed by atoms with Gasteiger partial charge in [0.1, 0.15) is 17.2 Å². The van der Waals surface area contributed by atoms with Crippen LogP contribution in [-0.4, -0.2) is 49.2 Å². The highest BCUT2D eigenvalue weighted by Gasteiger charge is 2.19. The molecule has 1 saturated heterocycles. The Morgan fingerprint density at radius 3 is 2.79 bits per heavy atom. The lowest BCUT2D eigenvalue weighted by molar-refractivity contribution is 0.257. The zero-order valence-electron chi connectivity index (χ0n) is 18.7. The standard InChI is InChI=1S/C26H27FN4O2/c1-18-4-2-5-23-25(18)22(17-24(32)33-23)28-9-3-11-30-12-14-31(15-13-30)26-21-16-20(27)7-6-19(21)8-10-29-26/h2,4-8,10,16-17,28H,3,9,11-15H2,1H3. The van der Waals surface area contributed by atoms with Gasteiger partial charge in [0.05, 0.1) is 5.69 Å². The number of anilines is 2. The first kappa shape index (κ1) is 21.4. The van der Waals surface area contributed by atoms with Gasteiger partial charge < -0.3 is 14.6 Å². The summed E-state index contributed by atoms with van der Waals surface area (Å²) in [5, 5.41) is 6.26. The first-order valence-electron chi connectivity index (χ1n) is 11.4. The maximum absolute atomic E-state index is 13.8. The Morgan fingerprint density at radius 1 is 1.09 bits per heavy atom. The summed E-state index contributed by atoms with van der Waals surface area (Å²) in [6.45, 7) is 7.36. The van der Waals surface area contributed by atoms with E-state index in [1.165, 1.54) is 12.1 Å². The normalized spacial score (nSPS) is 14.8. The molecule has 5 rings (SSSR count). The molecule has 0 amide bonds. The van der Waals surface area contributed by atoms with E-state index in [1.54, 1.807) is 18.3 Å². The smallest absolute Gasteiger partial charge is 0.338 e. The number of halogens is 1. The third kappa shape index (κ3) is 4.54. The molecule has 7 heteroatoms. The third-order valence-electron chi connectivity index (χ3n) is 6.32. The first-order chi connectivity index (χ1) is 16.1. The van der Waals surface area contributed by atoms with E-state index in [0.29, 0.717) is 5.58 Å². The van der Waals surface area contributed by atoms with Crippen LogP contribution in [-0.2, 0) is 0 Å². The van der Waals surface area contributed by atoms with Crippen LogP contribution in [0.25, 0.3) is 21.7 Å². The molecule has 0 spiro atoms. The summed E-state index contributed by atoms with van der Waals surface area (Å²) < 4.78 is 19.1. The van der Waals surface area contributed by atoms with E-state index in [2.05, 4.69) is 20.1 Å². The Hall–Kier alpha value is -3.45. The molecule has 1 fully saturated rings. The molecule has 2 aromatic carbocycles. The number of nitrogens with zero attached hydrogens (tertiary/aromatic N) is 3. The van der Waals surface area contributed by atoms with Gasteiger partial charge in [0.2, 0.25) is 0 Å². The van der Waals surface area contributed by atoms with Crippen LogP contribution in [0.4, 0.5) is 15.9 Å². The average Bonchev–Trinajstić information content (AvgIpc) is 2.81. The maximum atomic E-state index is 13.8. The number of piperazine rings is 1. The molecule has 2 aromatic heterocycles. The van der Waals surface area contributed by atoms with E-state index >= 15 is 0 Å². The maximum Gasteiger partial charge on any atom is 0.338 e. The van der Waals surface area contributed by atoms with Crippen LogP contribution in [0.1, 0.15) is 12.0 Å². The lowest BCUT2D eigenvalue weighted by atomic mass is 10.1. The van der Waals surface area contributed by atoms with Gasteiger partial charge in [-0.25, -0.2) is 14.2 Å². The summed E-state index contributed by atoms with van der Waals surface area (Å²) in [6.07, 6.45) is 2.76. The zero-order chi connectivity index (χ0) is 22.8. The highest BCUT2D eigenvalue weighted by atomic mass is 19.1. The molecule has 0 bridgehead atoms. The first-order valence-corrected chi connectivity index (χ1v) is 11.4. The summed E-state index contributed by atoms with van der Waals surface area (Å²) in [5.74, 6) is 0.625. The second-order valence-electron chi connectivity index (χ2n) is 8.54. The van der Waals surface area contributed by atoms with Gasteiger partial charge in [-0.05, 0) is 55.1 Å². The second-order valence-corrected chi connectivity index (χ2v) is 8.54. The monoisotopic (exact) mass is 446 g/mol. The van der Waals surface area contributed by atoms with E-state index in [1.807, 2.05) is 31.2 Å². The van der Waals surface area contributed by atoms with Gasteiger partial charge in [-0.2, -0.15) is 0 Å². The van der Waals surface area contributed by atoms with Crippen LogP contribution >= 0.6 is 0 Å². The van der Waals surface area contributed by atoms with Gasteiger partial charge in [0.15, 0.2) is 0 Å². The lowest BCUT2D eigenvalue weighted by Gasteiger charge is -2.35. The van der Waals surface area contributed by atoms with Gasteiger partial charge in [-0.3, -0.25) is 4.90 Å². The molecular weight excluding hydrogens is 419 g/mol. The number of rotatable bonds is 6. The Bertz CT molecular complexity index is 1350. The number of benzene rings is 2. The fourth-order valence-electron chi connectivity index (χ4n) is 4.62. The molecule has 0 saturated carbocycles. The lowest BCUT2D eigenvalue weighted by Crippen LogP contribution is -2.47. The highest BCUT2D eigenvalue weighted by molar-refractivity contribution is 5.93. The molecule has 3 heterocycles. The van der Waals surface area contributed by atoms with E-state index < -0.39 is 0 Å². The number of fused-ring (bicyclic) bond motifs is 2. The zero-order valence-corrected chi connectivity index (χ0v) is 18.7. The number of aromatic nitrogens is 1. The van der Waals surface area contributed by atoms with E-state index in [4.69, 9.17) is 4.42 Å². The number of pyridine rings is 1. The molecule has 1 aliphatic rings. The molecule has 1 aliphatic heterocycles. The van der Waals surface area contributed by atoms with Gasteiger partial charge in [0, 0.05) is 55.8 Å². The fourth-order valence-corrected chi connectivity index (χ4v) is 4.62. The molecule has 33 heavy (non-hydrogen) atoms. The Morgan fingerprint density at radius 2 is 1.94 bits per heavy atom. The Balaban J connectivity index is 1.16. The topological polar surface area (TPSA) is 61.6 Å². The minimum Gasteiger partial charge on any atom is -0.423 e. The number of hydrogen-bond donors (Lipinski definition) is 1. The van der Waals surface area contributed by atoms with Gasteiger partial charge >= 0.3 is 5.63 Å². The van der Waals surface area contributed by atoms with Crippen LogP contribution in [0.3, 0.4) is 0 Å². The summed E-state index contributed by atoms with van der Waals surface area (Å²) in [6, 6.07) is 14.1. The van der Waals surface area contributed by atoms with Crippen LogP contribution in [0.2, 0.25) is 0 Å². The van der Waals surface area contributed by atoms with Crippen molar-refractivity contribution in [1.29, 1.82) is 0 Å². The van der Waals surface area contributed by atoms with Crippen molar-refractivity contribution in [3.8, 4) is 0 Å².